The Morgan fingerprint density at radius 3 is 2.00 bits per heavy atom. The third-order valence-electron chi connectivity index (χ3n) is 5.00. The Balaban J connectivity index is 1.55. The van der Waals surface area contributed by atoms with E-state index < -0.39 is 0 Å². The van der Waals surface area contributed by atoms with Crippen LogP contribution in [0.15, 0.2) is 48.5 Å². The van der Waals surface area contributed by atoms with Crippen LogP contribution in [0.1, 0.15) is 76.5 Å². The number of rotatable bonds is 9. The fraction of sp³-hybridized carbons (Fsp3) is 0.348. The first-order valence-corrected chi connectivity index (χ1v) is 9.99. The summed E-state index contributed by atoms with van der Waals surface area (Å²) in [7, 11) is 0. The van der Waals surface area contributed by atoms with Gasteiger partial charge < -0.3 is 5.32 Å². The molecule has 0 radical (unpaired) electrons. The molecule has 1 N–H and O–H groups in total. The molecule has 5 nitrogen and oxygen atoms in total. The van der Waals surface area contributed by atoms with Gasteiger partial charge in [-0.1, -0.05) is 51.2 Å². The Morgan fingerprint density at radius 1 is 0.821 bits per heavy atom. The lowest BCUT2D eigenvalue weighted by molar-refractivity contribution is 0.0923. The Bertz CT molecular complexity index is 823. The van der Waals surface area contributed by atoms with Crippen LogP contribution < -0.4 is 10.2 Å². The van der Waals surface area contributed by atoms with Crippen molar-refractivity contribution in [2.75, 3.05) is 11.4 Å². The molecule has 2 aromatic carbocycles. The smallest absolute Gasteiger partial charge is 0.266 e. The number of anilines is 1. The van der Waals surface area contributed by atoms with Crippen molar-refractivity contribution in [3.63, 3.8) is 0 Å². The second kappa shape index (κ2) is 9.31. The number of benzene rings is 2. The van der Waals surface area contributed by atoms with E-state index in [1.165, 1.54) is 25.7 Å². The number of imide groups is 1. The van der Waals surface area contributed by atoms with E-state index in [2.05, 4.69) is 12.2 Å². The van der Waals surface area contributed by atoms with Crippen LogP contribution in [-0.4, -0.2) is 24.3 Å². The quantitative estimate of drug-likeness (QED) is 0.513. The van der Waals surface area contributed by atoms with Gasteiger partial charge in [-0.3, -0.25) is 14.4 Å². The van der Waals surface area contributed by atoms with E-state index in [0.717, 1.165) is 17.7 Å². The van der Waals surface area contributed by atoms with E-state index in [1.807, 2.05) is 0 Å². The molecule has 0 unspecified atom stereocenters. The number of fused-ring (bicyclic) bond motifs is 1. The lowest BCUT2D eigenvalue weighted by Gasteiger charge is -2.14. The predicted molar refractivity (Wildman–Crippen MR) is 110 cm³/mol. The number of nitrogens with one attached hydrogen (secondary N) is 1. The van der Waals surface area contributed by atoms with E-state index in [4.69, 9.17) is 0 Å². The predicted octanol–water partition coefficient (Wildman–Crippen LogP) is 4.58. The number of carbonyl (C=O) groups excluding carboxylic acids is 3. The van der Waals surface area contributed by atoms with Crippen molar-refractivity contribution in [2.24, 2.45) is 0 Å². The van der Waals surface area contributed by atoms with Crippen molar-refractivity contribution in [1.82, 2.24) is 5.32 Å². The standard InChI is InChI=1S/C23H26N2O3/c1-2-3-4-5-6-9-16-24-21(26)17-12-14-18(15-13-17)25-22(27)19-10-7-8-11-20(19)23(25)28/h7-8,10-15H,2-6,9,16H2,1H3,(H,24,26). The number of nitrogens with zero attached hydrogens (tertiary/aromatic N) is 1. The van der Waals surface area contributed by atoms with Crippen molar-refractivity contribution in [3.8, 4) is 0 Å². The number of hydrogen-bond donors (Lipinski definition) is 1. The highest BCUT2D eigenvalue weighted by Crippen LogP contribution is 2.28. The Labute approximate surface area is 165 Å². The van der Waals surface area contributed by atoms with Crippen LogP contribution in [-0.2, 0) is 0 Å². The molecule has 2 aromatic rings. The van der Waals surface area contributed by atoms with Gasteiger partial charge in [-0.05, 0) is 42.8 Å². The van der Waals surface area contributed by atoms with Crippen molar-refractivity contribution >= 4 is 23.4 Å². The van der Waals surface area contributed by atoms with E-state index in [0.29, 0.717) is 28.9 Å². The highest BCUT2D eigenvalue weighted by Gasteiger charge is 2.36. The van der Waals surface area contributed by atoms with Crippen molar-refractivity contribution in [1.29, 1.82) is 0 Å². The molecule has 28 heavy (non-hydrogen) atoms. The molecule has 0 bridgehead atoms. The number of unbranched alkanes of at least 4 members (excludes halogenated alkanes) is 5. The summed E-state index contributed by atoms with van der Waals surface area (Å²) in [6, 6.07) is 13.4. The van der Waals surface area contributed by atoms with Crippen LogP contribution in [0.3, 0.4) is 0 Å². The number of amides is 3. The van der Waals surface area contributed by atoms with Crippen LogP contribution in [0.5, 0.6) is 0 Å². The molecular weight excluding hydrogens is 352 g/mol. The van der Waals surface area contributed by atoms with Gasteiger partial charge in [0.15, 0.2) is 0 Å². The van der Waals surface area contributed by atoms with E-state index in [9.17, 15) is 14.4 Å². The average molecular weight is 378 g/mol. The summed E-state index contributed by atoms with van der Waals surface area (Å²) in [5, 5.41) is 2.92. The van der Waals surface area contributed by atoms with E-state index in [1.54, 1.807) is 48.5 Å². The average Bonchev–Trinajstić information content (AvgIpc) is 2.98. The van der Waals surface area contributed by atoms with Gasteiger partial charge in [-0.15, -0.1) is 0 Å². The van der Waals surface area contributed by atoms with Crippen molar-refractivity contribution < 1.29 is 14.4 Å². The third-order valence-corrected chi connectivity index (χ3v) is 5.00. The maximum Gasteiger partial charge on any atom is 0.266 e. The number of carbonyl (C=O) groups is 3. The first-order chi connectivity index (χ1) is 13.6. The maximum absolute atomic E-state index is 12.5. The summed E-state index contributed by atoms with van der Waals surface area (Å²) in [6.45, 7) is 2.85. The van der Waals surface area contributed by atoms with Crippen molar-refractivity contribution in [2.45, 2.75) is 45.4 Å². The summed E-state index contributed by atoms with van der Waals surface area (Å²) < 4.78 is 0. The molecule has 0 fully saturated rings. The minimum Gasteiger partial charge on any atom is -0.352 e. The molecule has 3 rings (SSSR count). The summed E-state index contributed by atoms with van der Waals surface area (Å²) in [5.41, 5.74) is 1.81. The SMILES string of the molecule is CCCCCCCCNC(=O)c1ccc(N2C(=O)c3ccccc3C2=O)cc1. The van der Waals surface area contributed by atoms with Crippen LogP contribution in [0.25, 0.3) is 0 Å². The molecule has 1 aliphatic heterocycles. The summed E-state index contributed by atoms with van der Waals surface area (Å²) in [4.78, 5) is 38.5. The highest BCUT2D eigenvalue weighted by atomic mass is 16.2. The van der Waals surface area contributed by atoms with Crippen molar-refractivity contribution in [3.05, 3.63) is 65.2 Å². The maximum atomic E-state index is 12.5. The van der Waals surface area contributed by atoms with Gasteiger partial charge >= 0.3 is 0 Å². The highest BCUT2D eigenvalue weighted by molar-refractivity contribution is 6.34. The second-order valence-corrected chi connectivity index (χ2v) is 7.06. The minimum atomic E-state index is -0.333. The van der Waals surface area contributed by atoms with Crippen LogP contribution in [0.2, 0.25) is 0 Å². The Morgan fingerprint density at radius 2 is 1.39 bits per heavy atom. The van der Waals surface area contributed by atoms with Gasteiger partial charge in [0.2, 0.25) is 0 Å². The third kappa shape index (κ3) is 4.30. The summed E-state index contributed by atoms with van der Waals surface area (Å²) >= 11 is 0. The molecule has 3 amide bonds. The molecule has 146 valence electrons. The minimum absolute atomic E-state index is 0.137. The van der Waals surface area contributed by atoms with Gasteiger partial charge in [0, 0.05) is 12.1 Å². The van der Waals surface area contributed by atoms with Gasteiger partial charge in [0.1, 0.15) is 0 Å². The topological polar surface area (TPSA) is 66.5 Å². The zero-order chi connectivity index (χ0) is 19.9. The van der Waals surface area contributed by atoms with Crippen LogP contribution >= 0.6 is 0 Å². The molecule has 0 spiro atoms. The summed E-state index contributed by atoms with van der Waals surface area (Å²) in [5.74, 6) is -0.802. The zero-order valence-corrected chi connectivity index (χ0v) is 16.2. The number of hydrogen-bond acceptors (Lipinski definition) is 3. The molecule has 1 heterocycles. The van der Waals surface area contributed by atoms with E-state index in [-0.39, 0.29) is 17.7 Å². The van der Waals surface area contributed by atoms with Gasteiger partial charge in [-0.2, -0.15) is 0 Å². The van der Waals surface area contributed by atoms with Gasteiger partial charge in [0.25, 0.3) is 17.7 Å². The first kappa shape index (κ1) is 19.8. The molecule has 0 saturated heterocycles. The fourth-order valence-corrected chi connectivity index (χ4v) is 3.39. The molecular formula is C23H26N2O3. The van der Waals surface area contributed by atoms with Gasteiger partial charge in [0.05, 0.1) is 16.8 Å². The van der Waals surface area contributed by atoms with Crippen LogP contribution in [0, 0.1) is 0 Å². The second-order valence-electron chi connectivity index (χ2n) is 7.06. The molecule has 5 heteroatoms. The molecule has 1 aliphatic rings. The molecule has 0 aromatic heterocycles. The largest absolute Gasteiger partial charge is 0.352 e. The fourth-order valence-electron chi connectivity index (χ4n) is 3.39. The van der Waals surface area contributed by atoms with Crippen LogP contribution in [0.4, 0.5) is 5.69 Å². The monoisotopic (exact) mass is 378 g/mol. The lowest BCUT2D eigenvalue weighted by atomic mass is 10.1. The lowest BCUT2D eigenvalue weighted by Crippen LogP contribution is -2.29. The Kier molecular flexibility index (Phi) is 6.58. The molecule has 0 aliphatic carbocycles. The zero-order valence-electron chi connectivity index (χ0n) is 16.2. The first-order valence-electron chi connectivity index (χ1n) is 9.99. The normalized spacial score (nSPS) is 13.0. The molecule has 0 atom stereocenters. The molecule has 0 saturated carbocycles. The van der Waals surface area contributed by atoms with Gasteiger partial charge in [-0.25, -0.2) is 4.90 Å². The Hall–Kier alpha value is -2.95. The summed E-state index contributed by atoms with van der Waals surface area (Å²) in [6.07, 6.45) is 7.06. The van der Waals surface area contributed by atoms with E-state index >= 15 is 0 Å².